The maximum Gasteiger partial charge on any atom is 3.00 e. The molecule has 0 saturated carbocycles. The summed E-state index contributed by atoms with van der Waals surface area (Å²) in [6, 6.07) is 33.8. The van der Waals surface area contributed by atoms with E-state index in [0.717, 1.165) is 22.9 Å². The van der Waals surface area contributed by atoms with Crippen LogP contribution < -0.4 is 50.0 Å². The predicted molar refractivity (Wildman–Crippen MR) is 199 cm³/mol. The molecule has 8 rings (SSSR count). The van der Waals surface area contributed by atoms with Gasteiger partial charge in [-0.2, -0.15) is 20.5 Å². The van der Waals surface area contributed by atoms with E-state index in [0.29, 0.717) is 10.8 Å². The van der Waals surface area contributed by atoms with Crippen molar-refractivity contribution in [3.8, 4) is 23.0 Å². The van der Waals surface area contributed by atoms with Crippen LogP contribution in [0.3, 0.4) is 0 Å². The van der Waals surface area contributed by atoms with E-state index in [1.54, 1.807) is 60.7 Å². The molecule has 0 N–H and O–H groups in total. The van der Waals surface area contributed by atoms with Crippen LogP contribution in [0.25, 0.3) is 43.1 Å². The Hall–Kier alpha value is -5.45. The first kappa shape index (κ1) is 43.7. The van der Waals surface area contributed by atoms with Crippen molar-refractivity contribution in [1.82, 2.24) is 0 Å². The Kier molecular flexibility index (Phi) is 13.2. The fraction of sp³-hybridized carbons (Fsp3) is 0. The van der Waals surface area contributed by atoms with Crippen LogP contribution in [0, 0.1) is 0 Å². The SMILES string of the molecule is O=S(=O)([O-])c1cc([O-])c(N=Nc2c([O-])ccc3ccccc23)c2ccccc12.O=S(=O)([O-])c1cc([O-])c(N=Nc2c([O-])ccc3ccccc23)c2ccccc12.[Cr+3].[H+].[Na+]. The van der Waals surface area contributed by atoms with E-state index in [9.17, 15) is 46.4 Å². The molecule has 0 saturated heterocycles. The number of hydrogen-bond acceptors (Lipinski definition) is 14. The molecule has 0 amide bonds. The van der Waals surface area contributed by atoms with Gasteiger partial charge < -0.3 is 29.5 Å². The third-order valence-corrected chi connectivity index (χ3v) is 10.4. The van der Waals surface area contributed by atoms with Gasteiger partial charge >= 0.3 is 48.3 Å². The molecular formula is C40H23CrN4NaO10S2-. The van der Waals surface area contributed by atoms with Crippen LogP contribution in [-0.4, -0.2) is 25.9 Å². The molecule has 0 unspecified atom stereocenters. The van der Waals surface area contributed by atoms with Crippen molar-refractivity contribution in [3.63, 3.8) is 0 Å². The summed E-state index contributed by atoms with van der Waals surface area (Å²) in [4.78, 5) is -1.22. The van der Waals surface area contributed by atoms with Crippen LogP contribution >= 0.6 is 0 Å². The summed E-state index contributed by atoms with van der Waals surface area (Å²) < 4.78 is 68.9. The standard InChI is InChI=1S/2C20H14N2O5S.Cr.Na/c2*23-16-10-9-12-5-1-2-6-13(12)19(16)21-22-20-15-8-4-3-7-14(15)18(11-17(20)24)28(25,26)27;;/h2*1-11,23-24H,(H,25,26,27);;/q;;+3;+1/p-5. The number of fused-ring (bicyclic) bond motifs is 4. The van der Waals surface area contributed by atoms with Gasteiger partial charge in [-0.3, -0.25) is 0 Å². The van der Waals surface area contributed by atoms with Crippen LogP contribution in [0.1, 0.15) is 1.43 Å². The van der Waals surface area contributed by atoms with E-state index in [-0.39, 0.29) is 104 Å². The van der Waals surface area contributed by atoms with Crippen molar-refractivity contribution in [2.24, 2.45) is 20.5 Å². The first-order valence-corrected chi connectivity index (χ1v) is 19.1. The van der Waals surface area contributed by atoms with E-state index in [1.165, 1.54) is 36.4 Å². The molecule has 14 nitrogen and oxygen atoms in total. The summed E-state index contributed by atoms with van der Waals surface area (Å²) in [5, 5.41) is 68.5. The molecule has 0 aliphatic heterocycles. The van der Waals surface area contributed by atoms with Crippen molar-refractivity contribution >= 4 is 86.1 Å². The molecule has 0 spiro atoms. The Morgan fingerprint density at radius 1 is 0.379 bits per heavy atom. The van der Waals surface area contributed by atoms with Crippen LogP contribution in [0.2, 0.25) is 0 Å². The van der Waals surface area contributed by atoms with Gasteiger partial charge in [-0.15, -0.1) is 0 Å². The normalized spacial score (nSPS) is 11.8. The molecule has 0 fully saturated rings. The number of hydrogen-bond donors (Lipinski definition) is 0. The summed E-state index contributed by atoms with van der Waals surface area (Å²) in [7, 11) is -9.69. The Morgan fingerprint density at radius 3 is 0.983 bits per heavy atom. The van der Waals surface area contributed by atoms with Gasteiger partial charge in [-0.25, -0.2) is 16.8 Å². The van der Waals surface area contributed by atoms with Crippen molar-refractivity contribution in [2.75, 3.05) is 0 Å². The quantitative estimate of drug-likeness (QED) is 0.132. The van der Waals surface area contributed by atoms with Crippen LogP contribution in [0.5, 0.6) is 23.0 Å². The van der Waals surface area contributed by atoms with Crippen LogP contribution in [0.15, 0.2) is 164 Å². The molecule has 1 radical (unpaired) electrons. The fourth-order valence-electron chi connectivity index (χ4n) is 6.10. The Morgan fingerprint density at radius 2 is 0.655 bits per heavy atom. The molecule has 58 heavy (non-hydrogen) atoms. The Bertz CT molecular complexity index is 2960. The number of benzene rings is 8. The van der Waals surface area contributed by atoms with Crippen molar-refractivity contribution in [2.45, 2.75) is 9.79 Å². The van der Waals surface area contributed by atoms with Gasteiger partial charge in [0.25, 0.3) is 0 Å². The minimum absolute atomic E-state index is 0. The van der Waals surface area contributed by atoms with Crippen molar-refractivity contribution < 1.29 is 94.7 Å². The van der Waals surface area contributed by atoms with Crippen LogP contribution in [-0.2, 0) is 37.6 Å². The van der Waals surface area contributed by atoms with Crippen molar-refractivity contribution in [3.05, 3.63) is 133 Å². The zero-order valence-corrected chi connectivity index (χ0v) is 34.7. The molecule has 283 valence electrons. The van der Waals surface area contributed by atoms with Gasteiger partial charge in [0.1, 0.15) is 20.2 Å². The second-order valence-electron chi connectivity index (χ2n) is 12.1. The summed E-state index contributed by atoms with van der Waals surface area (Å²) in [5.74, 6) is -2.27. The second-order valence-corrected chi connectivity index (χ2v) is 14.8. The zero-order chi connectivity index (χ0) is 39.8. The summed E-state index contributed by atoms with van der Waals surface area (Å²) in [5.41, 5.74) is -0.144. The van der Waals surface area contributed by atoms with E-state index in [2.05, 4.69) is 20.5 Å². The first-order chi connectivity index (χ1) is 26.7. The molecule has 0 heterocycles. The third kappa shape index (κ3) is 8.83. The fourth-order valence-corrected chi connectivity index (χ4v) is 7.50. The molecule has 8 aromatic carbocycles. The molecule has 0 aliphatic rings. The second kappa shape index (κ2) is 17.6. The van der Waals surface area contributed by atoms with Gasteiger partial charge in [0.2, 0.25) is 0 Å². The molecule has 8 aromatic rings. The molecule has 0 bridgehead atoms. The van der Waals surface area contributed by atoms with Gasteiger partial charge in [-0.05, 0) is 22.9 Å². The maximum absolute atomic E-state index is 12.4. The van der Waals surface area contributed by atoms with E-state index in [1.807, 2.05) is 24.3 Å². The van der Waals surface area contributed by atoms with Gasteiger partial charge in [0.15, 0.2) is 0 Å². The van der Waals surface area contributed by atoms with Gasteiger partial charge in [-0.1, -0.05) is 144 Å². The summed E-state index contributed by atoms with van der Waals surface area (Å²) >= 11 is 0. The largest absolute Gasteiger partial charge is 3.00 e. The van der Waals surface area contributed by atoms with E-state index in [4.69, 9.17) is 0 Å². The van der Waals surface area contributed by atoms with Gasteiger partial charge in [0, 0.05) is 32.3 Å². The zero-order valence-electron chi connectivity index (χ0n) is 30.8. The van der Waals surface area contributed by atoms with E-state index >= 15 is 0 Å². The smallest absolute Gasteiger partial charge is 0.871 e. The third-order valence-electron chi connectivity index (χ3n) is 8.65. The number of nitrogens with zero attached hydrogens (tertiary/aromatic N) is 4. The van der Waals surface area contributed by atoms with Crippen LogP contribution in [0.4, 0.5) is 22.7 Å². The van der Waals surface area contributed by atoms with Gasteiger partial charge in [0.05, 0.1) is 32.5 Å². The average molecular weight is 859 g/mol. The molecule has 18 heteroatoms. The minimum atomic E-state index is -4.84. The monoisotopic (exact) mass is 858 g/mol. The Labute approximate surface area is 364 Å². The Balaban J connectivity index is 0.000000248. The number of rotatable bonds is 6. The maximum atomic E-state index is 12.4. The predicted octanol–water partition coefficient (Wildman–Crippen LogP) is 4.03. The summed E-state index contributed by atoms with van der Waals surface area (Å²) in [6.07, 6.45) is 0. The average Bonchev–Trinajstić information content (AvgIpc) is 3.17. The number of azo groups is 2. The van der Waals surface area contributed by atoms with E-state index < -0.39 is 41.5 Å². The topological polar surface area (TPSA) is 256 Å². The minimum Gasteiger partial charge on any atom is -0.871 e. The van der Waals surface area contributed by atoms with Crippen molar-refractivity contribution in [1.29, 1.82) is 0 Å². The molecule has 0 aliphatic carbocycles. The first-order valence-electron chi connectivity index (χ1n) is 16.3. The summed E-state index contributed by atoms with van der Waals surface area (Å²) in [6.45, 7) is 0. The molecular weight excluding hydrogens is 836 g/mol. The molecule has 0 atom stereocenters. The molecule has 0 aromatic heterocycles.